The summed E-state index contributed by atoms with van der Waals surface area (Å²) in [4.78, 5) is 15.9. The minimum absolute atomic E-state index is 0.277. The van der Waals surface area contributed by atoms with Crippen LogP contribution in [-0.4, -0.2) is 25.5 Å². The molecule has 0 bridgehead atoms. The molecule has 25 heavy (non-hydrogen) atoms. The molecule has 0 aliphatic carbocycles. The lowest BCUT2D eigenvalue weighted by atomic mass is 9.94. The van der Waals surface area contributed by atoms with Gasteiger partial charge in [0, 0.05) is 18.8 Å². The lowest BCUT2D eigenvalue weighted by Gasteiger charge is -2.18. The smallest absolute Gasteiger partial charge is 0.408 e. The van der Waals surface area contributed by atoms with Gasteiger partial charge in [-0.25, -0.2) is 4.79 Å². The van der Waals surface area contributed by atoms with Crippen LogP contribution in [0.3, 0.4) is 0 Å². The van der Waals surface area contributed by atoms with E-state index in [9.17, 15) is 4.79 Å². The highest BCUT2D eigenvalue weighted by molar-refractivity contribution is 5.83. The highest BCUT2D eigenvalue weighted by Gasteiger charge is 2.37. The van der Waals surface area contributed by atoms with Gasteiger partial charge in [0.15, 0.2) is 6.10 Å². The van der Waals surface area contributed by atoms with E-state index in [1.165, 1.54) is 0 Å². The highest BCUT2D eigenvalue weighted by atomic mass is 16.6. The molecule has 1 aliphatic heterocycles. The Balaban J connectivity index is 1.98. The topological polar surface area (TPSA) is 50.7 Å². The van der Waals surface area contributed by atoms with E-state index in [-0.39, 0.29) is 6.04 Å². The molecule has 1 heterocycles. The van der Waals surface area contributed by atoms with Crippen LogP contribution in [-0.2, 0) is 4.74 Å². The summed E-state index contributed by atoms with van der Waals surface area (Å²) >= 11 is 0. The van der Waals surface area contributed by atoms with E-state index in [0.717, 1.165) is 22.3 Å². The summed E-state index contributed by atoms with van der Waals surface area (Å²) in [6, 6.07) is 18.0. The second kappa shape index (κ2) is 7.62. The van der Waals surface area contributed by atoms with Crippen LogP contribution in [0.5, 0.6) is 0 Å². The Bertz CT molecular complexity index is 825. The van der Waals surface area contributed by atoms with Crippen LogP contribution < -0.4 is 5.32 Å². The summed E-state index contributed by atoms with van der Waals surface area (Å²) in [5.74, 6) is 0. The summed E-state index contributed by atoms with van der Waals surface area (Å²) in [6.45, 7) is 3.73. The Morgan fingerprint density at radius 3 is 2.64 bits per heavy atom. The number of hydrogen-bond donors (Lipinski definition) is 1. The van der Waals surface area contributed by atoms with Crippen LogP contribution in [0.25, 0.3) is 11.1 Å². The predicted molar refractivity (Wildman–Crippen MR) is 101 cm³/mol. The summed E-state index contributed by atoms with van der Waals surface area (Å²) < 4.78 is 5.48. The average molecular weight is 332 g/mol. The van der Waals surface area contributed by atoms with Crippen molar-refractivity contribution in [3.05, 3.63) is 84.5 Å². The molecule has 1 amide bonds. The maximum Gasteiger partial charge on any atom is 0.408 e. The third-order valence-corrected chi connectivity index (χ3v) is 4.08. The van der Waals surface area contributed by atoms with Crippen LogP contribution in [0.2, 0.25) is 0 Å². The lowest BCUT2D eigenvalue weighted by Crippen LogP contribution is -2.24. The van der Waals surface area contributed by atoms with Crippen molar-refractivity contribution in [2.75, 3.05) is 7.05 Å². The van der Waals surface area contributed by atoms with Gasteiger partial charge in [-0.3, -0.25) is 4.99 Å². The number of hydrogen-bond acceptors (Lipinski definition) is 3. The summed E-state index contributed by atoms with van der Waals surface area (Å²) in [5, 5.41) is 2.90. The number of cyclic esters (lactones) is 1. The zero-order valence-corrected chi connectivity index (χ0v) is 14.1. The van der Waals surface area contributed by atoms with Gasteiger partial charge >= 0.3 is 6.09 Å². The number of alkyl carbamates (subject to hydrolysis) is 1. The Morgan fingerprint density at radius 1 is 1.16 bits per heavy atom. The number of allylic oxidation sites excluding steroid dienone is 2. The van der Waals surface area contributed by atoms with Crippen molar-refractivity contribution in [3.63, 3.8) is 0 Å². The fourth-order valence-electron chi connectivity index (χ4n) is 2.98. The quantitative estimate of drug-likeness (QED) is 0.655. The third-order valence-electron chi connectivity index (χ3n) is 4.08. The van der Waals surface area contributed by atoms with Crippen molar-refractivity contribution >= 4 is 12.3 Å². The minimum Gasteiger partial charge on any atom is -0.439 e. The fraction of sp³-hybridized carbons (Fsp3) is 0.143. The maximum absolute atomic E-state index is 11.9. The summed E-state index contributed by atoms with van der Waals surface area (Å²) in [7, 11) is 1.69. The molecule has 4 heteroatoms. The molecule has 126 valence electrons. The number of rotatable bonds is 5. The third kappa shape index (κ3) is 3.69. The van der Waals surface area contributed by atoms with E-state index >= 15 is 0 Å². The first-order valence-corrected chi connectivity index (χ1v) is 8.10. The Morgan fingerprint density at radius 2 is 1.92 bits per heavy atom. The van der Waals surface area contributed by atoms with E-state index in [0.29, 0.717) is 0 Å². The number of carbonyl (C=O) groups excluding carboxylic acids is 1. The molecule has 2 aromatic rings. The number of carbonyl (C=O) groups is 1. The van der Waals surface area contributed by atoms with Crippen molar-refractivity contribution in [1.29, 1.82) is 0 Å². The van der Waals surface area contributed by atoms with E-state index in [4.69, 9.17) is 4.74 Å². The standard InChI is InChI=1S/C21H20N2O2/c1-3-8-18(14-22-2)20-19(23-21(24)25-20)17-12-7-11-16(13-17)15-9-5-4-6-10-15/h3-14,19-20H,1H2,2H3,(H,23,24)/b18-8+,22-14-/t19-,20-/m0/s1. The monoisotopic (exact) mass is 332 g/mol. The molecule has 1 aliphatic rings. The van der Waals surface area contributed by atoms with Crippen LogP contribution >= 0.6 is 0 Å². The normalized spacial score (nSPS) is 20.4. The Kier molecular flexibility index (Phi) is 5.09. The van der Waals surface area contributed by atoms with E-state index in [2.05, 4.69) is 41.2 Å². The first-order valence-electron chi connectivity index (χ1n) is 8.10. The molecule has 0 saturated carbocycles. The van der Waals surface area contributed by atoms with Crippen LogP contribution in [0.15, 0.2) is 83.9 Å². The van der Waals surface area contributed by atoms with E-state index in [1.54, 1.807) is 19.3 Å². The number of aliphatic imine (C=N–C) groups is 1. The first-order chi connectivity index (χ1) is 12.2. The minimum atomic E-state index is -0.444. The molecule has 1 fully saturated rings. The van der Waals surface area contributed by atoms with Gasteiger partial charge in [-0.2, -0.15) is 0 Å². The van der Waals surface area contributed by atoms with Gasteiger partial charge in [-0.15, -0.1) is 0 Å². The molecular weight excluding hydrogens is 312 g/mol. The van der Waals surface area contributed by atoms with Gasteiger partial charge in [0.25, 0.3) is 0 Å². The molecule has 2 aromatic carbocycles. The van der Waals surface area contributed by atoms with Crippen LogP contribution in [0, 0.1) is 0 Å². The van der Waals surface area contributed by atoms with Crippen molar-refractivity contribution < 1.29 is 9.53 Å². The number of amides is 1. The van der Waals surface area contributed by atoms with Crippen LogP contribution in [0.1, 0.15) is 11.6 Å². The molecule has 0 aromatic heterocycles. The second-order valence-corrected chi connectivity index (χ2v) is 5.73. The van der Waals surface area contributed by atoms with Crippen molar-refractivity contribution in [2.24, 2.45) is 4.99 Å². The molecule has 0 spiro atoms. The van der Waals surface area contributed by atoms with Gasteiger partial charge in [-0.05, 0) is 22.8 Å². The molecule has 0 radical (unpaired) electrons. The highest BCUT2D eigenvalue weighted by Crippen LogP contribution is 2.31. The molecule has 1 N–H and O–H groups in total. The van der Waals surface area contributed by atoms with Gasteiger partial charge in [0.1, 0.15) is 0 Å². The van der Waals surface area contributed by atoms with Crippen molar-refractivity contribution in [3.8, 4) is 11.1 Å². The average Bonchev–Trinajstić information content (AvgIpc) is 3.04. The first kappa shape index (κ1) is 16.7. The van der Waals surface area contributed by atoms with Gasteiger partial charge in [-0.1, -0.05) is 67.3 Å². The van der Waals surface area contributed by atoms with E-state index in [1.807, 2.05) is 36.4 Å². The van der Waals surface area contributed by atoms with Gasteiger partial charge < -0.3 is 10.1 Å². The Labute approximate surface area is 147 Å². The van der Waals surface area contributed by atoms with Gasteiger partial charge in [0.05, 0.1) is 6.04 Å². The lowest BCUT2D eigenvalue weighted by molar-refractivity contribution is 0.151. The number of nitrogens with one attached hydrogen (secondary N) is 1. The maximum atomic E-state index is 11.9. The summed E-state index contributed by atoms with van der Waals surface area (Å²) in [6.07, 6.45) is 4.30. The zero-order chi connectivity index (χ0) is 17.6. The molecule has 0 unspecified atom stereocenters. The van der Waals surface area contributed by atoms with Gasteiger partial charge in [0.2, 0.25) is 0 Å². The number of nitrogens with zero attached hydrogens (tertiary/aromatic N) is 1. The molecule has 3 rings (SSSR count). The van der Waals surface area contributed by atoms with Crippen molar-refractivity contribution in [1.82, 2.24) is 5.32 Å². The predicted octanol–water partition coefficient (Wildman–Crippen LogP) is 4.32. The molecule has 4 nitrogen and oxygen atoms in total. The SMILES string of the molecule is C=C/C=C(\C=N/C)[C@@H]1OC(=O)N[C@H]1c1cccc(-c2ccccc2)c1. The fourth-order valence-corrected chi connectivity index (χ4v) is 2.98. The Hall–Kier alpha value is -3.14. The van der Waals surface area contributed by atoms with Crippen LogP contribution in [0.4, 0.5) is 4.79 Å². The van der Waals surface area contributed by atoms with Crippen molar-refractivity contribution in [2.45, 2.75) is 12.1 Å². The number of benzene rings is 2. The molecular formula is C21H20N2O2. The molecule has 2 atom stereocenters. The zero-order valence-electron chi connectivity index (χ0n) is 14.1. The summed E-state index contributed by atoms with van der Waals surface area (Å²) in [5.41, 5.74) is 4.00. The molecule has 1 saturated heterocycles. The second-order valence-electron chi connectivity index (χ2n) is 5.73. The largest absolute Gasteiger partial charge is 0.439 e. The number of ether oxygens (including phenoxy) is 1. The van der Waals surface area contributed by atoms with E-state index < -0.39 is 12.2 Å².